The van der Waals surface area contributed by atoms with Gasteiger partial charge in [0.15, 0.2) is 0 Å². The number of aryl methyl sites for hydroxylation is 1. The van der Waals surface area contributed by atoms with E-state index >= 15 is 0 Å². The number of carbonyl (C=O) groups is 1. The molecule has 0 saturated carbocycles. The Balaban J connectivity index is 1.34. The summed E-state index contributed by atoms with van der Waals surface area (Å²) >= 11 is 0. The average molecular weight is 552 g/mol. The van der Waals surface area contributed by atoms with Crippen LogP contribution >= 0.6 is 0 Å². The van der Waals surface area contributed by atoms with Crippen LogP contribution in [0.1, 0.15) is 35.6 Å². The Bertz CT molecular complexity index is 1300. The fraction of sp³-hybridized carbons (Fsp3) is 0.387. The van der Waals surface area contributed by atoms with Crippen molar-refractivity contribution < 1.29 is 39.5 Å². The molecule has 5 N–H and O–H groups in total. The maximum Gasteiger partial charge on any atom is 0.233 e. The largest absolute Gasteiger partial charge is 0.508 e. The normalized spacial score (nSPS) is 28.4. The molecule has 1 amide bonds. The monoisotopic (exact) mass is 551 g/mol. The standard InChI is InChI=1S/C31H34FNO7/c32-20-12-9-18(10-13-20)5-4-8-23-27(33(31(23)39)21-6-2-1-3-7-21)22-14-11-19(15-24(22)35)16-25-28(36)30(38)29(37)26(17-34)40-25/h1-3,6-7,9-15,23,25-30,34-38H,4-5,8,16-17H2/t23-,25+,26?,27-,28?,29-,30?/m1/s1. The third kappa shape index (κ3) is 5.61. The molecule has 3 unspecified atom stereocenters. The Labute approximate surface area is 231 Å². The SMILES string of the molecule is O=C1[C@H](CCCc2ccc(F)cc2)[C@@H](c2ccc(C[C@@H]3OC(CO)[C@@H](O)C(O)C3O)cc2O)N1c1ccccc1. The number of carbonyl (C=O) groups excluding carboxylic acids is 1. The molecular weight excluding hydrogens is 517 g/mol. The minimum Gasteiger partial charge on any atom is -0.508 e. The zero-order chi connectivity index (χ0) is 28.4. The number of halogens is 1. The van der Waals surface area contributed by atoms with Gasteiger partial charge in [0.05, 0.1) is 24.7 Å². The van der Waals surface area contributed by atoms with Crippen LogP contribution in [0.2, 0.25) is 0 Å². The number of phenolic OH excluding ortho intramolecular Hbond substituents is 1. The molecule has 8 nitrogen and oxygen atoms in total. The van der Waals surface area contributed by atoms with E-state index in [0.29, 0.717) is 24.0 Å². The third-order valence-electron chi connectivity index (χ3n) is 7.98. The fourth-order valence-corrected chi connectivity index (χ4v) is 5.79. The van der Waals surface area contributed by atoms with Gasteiger partial charge in [-0.1, -0.05) is 42.5 Å². The molecule has 212 valence electrons. The van der Waals surface area contributed by atoms with Crippen LogP contribution in [0.3, 0.4) is 0 Å². The van der Waals surface area contributed by atoms with Gasteiger partial charge in [-0.25, -0.2) is 4.39 Å². The predicted octanol–water partition coefficient (Wildman–Crippen LogP) is 2.64. The van der Waals surface area contributed by atoms with E-state index in [0.717, 1.165) is 17.7 Å². The number of phenols is 1. The van der Waals surface area contributed by atoms with Crippen LogP contribution in [-0.2, 0) is 22.4 Å². The maximum atomic E-state index is 13.3. The highest BCUT2D eigenvalue weighted by molar-refractivity contribution is 6.03. The second-order valence-corrected chi connectivity index (χ2v) is 10.6. The molecule has 2 aliphatic rings. The number of para-hydroxylation sites is 1. The van der Waals surface area contributed by atoms with E-state index in [1.807, 2.05) is 30.3 Å². The summed E-state index contributed by atoms with van der Waals surface area (Å²) in [5, 5.41) is 51.1. The lowest BCUT2D eigenvalue weighted by Crippen LogP contribution is -2.59. The fourth-order valence-electron chi connectivity index (χ4n) is 5.79. The predicted molar refractivity (Wildman–Crippen MR) is 145 cm³/mol. The van der Waals surface area contributed by atoms with E-state index < -0.39 is 37.1 Å². The highest BCUT2D eigenvalue weighted by atomic mass is 19.1. The molecular formula is C31H34FNO7. The van der Waals surface area contributed by atoms with Crippen LogP contribution in [0.4, 0.5) is 10.1 Å². The van der Waals surface area contributed by atoms with Gasteiger partial charge in [0.25, 0.3) is 0 Å². The molecule has 5 rings (SSSR count). The molecule has 0 bridgehead atoms. The number of benzene rings is 3. The number of ether oxygens (including phenoxy) is 1. The molecule has 0 aromatic heterocycles. The Morgan fingerprint density at radius 2 is 1.52 bits per heavy atom. The van der Waals surface area contributed by atoms with Crippen molar-refractivity contribution in [2.75, 3.05) is 11.5 Å². The second kappa shape index (κ2) is 12.0. The Hall–Kier alpha value is -3.34. The van der Waals surface area contributed by atoms with Crippen molar-refractivity contribution in [3.63, 3.8) is 0 Å². The third-order valence-corrected chi connectivity index (χ3v) is 7.98. The van der Waals surface area contributed by atoms with E-state index in [1.165, 1.54) is 12.1 Å². The first-order valence-corrected chi connectivity index (χ1v) is 13.5. The number of hydrogen-bond acceptors (Lipinski definition) is 7. The second-order valence-electron chi connectivity index (χ2n) is 10.6. The van der Waals surface area contributed by atoms with Crippen molar-refractivity contribution in [3.05, 3.63) is 95.3 Å². The molecule has 2 heterocycles. The summed E-state index contributed by atoms with van der Waals surface area (Å²) in [6.45, 7) is -0.515. The zero-order valence-corrected chi connectivity index (χ0v) is 21.9. The number of aromatic hydroxyl groups is 1. The van der Waals surface area contributed by atoms with E-state index in [-0.39, 0.29) is 35.9 Å². The molecule has 7 atom stereocenters. The van der Waals surface area contributed by atoms with Crippen molar-refractivity contribution in [3.8, 4) is 5.75 Å². The highest BCUT2D eigenvalue weighted by Gasteiger charge is 2.49. The van der Waals surface area contributed by atoms with Gasteiger partial charge in [-0.05, 0) is 60.7 Å². The number of anilines is 1. The van der Waals surface area contributed by atoms with Crippen molar-refractivity contribution >= 4 is 11.6 Å². The lowest BCUT2D eigenvalue weighted by atomic mass is 9.78. The van der Waals surface area contributed by atoms with Crippen molar-refractivity contribution in [1.29, 1.82) is 0 Å². The van der Waals surface area contributed by atoms with Crippen LogP contribution in [-0.4, -0.2) is 68.6 Å². The first kappa shape index (κ1) is 28.2. The van der Waals surface area contributed by atoms with Crippen LogP contribution in [0.5, 0.6) is 5.75 Å². The Morgan fingerprint density at radius 3 is 2.20 bits per heavy atom. The summed E-state index contributed by atoms with van der Waals surface area (Å²) in [5.41, 5.74) is 2.94. The molecule has 3 aromatic rings. The van der Waals surface area contributed by atoms with E-state index in [9.17, 15) is 34.7 Å². The number of β-lactam (4-membered cyclic amide) rings is 1. The van der Waals surface area contributed by atoms with E-state index in [2.05, 4.69) is 0 Å². The number of amides is 1. The number of rotatable bonds is 9. The van der Waals surface area contributed by atoms with Gasteiger partial charge in [0.2, 0.25) is 5.91 Å². The molecule has 40 heavy (non-hydrogen) atoms. The Morgan fingerprint density at radius 1 is 0.850 bits per heavy atom. The minimum atomic E-state index is -1.47. The first-order chi connectivity index (χ1) is 19.3. The van der Waals surface area contributed by atoms with Gasteiger partial charge in [0, 0.05) is 17.7 Å². The molecule has 3 aromatic carbocycles. The summed E-state index contributed by atoms with van der Waals surface area (Å²) in [4.78, 5) is 15.0. The number of nitrogens with zero attached hydrogens (tertiary/aromatic N) is 1. The van der Waals surface area contributed by atoms with Gasteiger partial charge in [0.1, 0.15) is 36.0 Å². The molecule has 2 aliphatic heterocycles. The van der Waals surface area contributed by atoms with Gasteiger partial charge in [-0.2, -0.15) is 0 Å². The van der Waals surface area contributed by atoms with Crippen LogP contribution in [0.15, 0.2) is 72.8 Å². The molecule has 0 radical (unpaired) electrons. The molecule has 9 heteroatoms. The minimum absolute atomic E-state index is 0.0101. The molecule has 2 fully saturated rings. The summed E-state index contributed by atoms with van der Waals surface area (Å²) < 4.78 is 18.9. The lowest BCUT2D eigenvalue weighted by Gasteiger charge is -2.48. The average Bonchev–Trinajstić information content (AvgIpc) is 2.96. The van der Waals surface area contributed by atoms with E-state index in [1.54, 1.807) is 35.2 Å². The van der Waals surface area contributed by atoms with Crippen LogP contribution in [0.25, 0.3) is 0 Å². The highest BCUT2D eigenvalue weighted by Crippen LogP contribution is 2.48. The van der Waals surface area contributed by atoms with Crippen LogP contribution < -0.4 is 4.90 Å². The molecule has 2 saturated heterocycles. The summed E-state index contributed by atoms with van der Waals surface area (Å²) in [7, 11) is 0. The van der Waals surface area contributed by atoms with Crippen LogP contribution in [0, 0.1) is 11.7 Å². The van der Waals surface area contributed by atoms with Crippen molar-refractivity contribution in [2.24, 2.45) is 5.92 Å². The van der Waals surface area contributed by atoms with Crippen molar-refractivity contribution in [1.82, 2.24) is 0 Å². The Kier molecular flexibility index (Phi) is 8.48. The summed E-state index contributed by atoms with van der Waals surface area (Å²) in [5.74, 6) is -0.672. The van der Waals surface area contributed by atoms with Gasteiger partial charge in [-0.3, -0.25) is 4.79 Å². The van der Waals surface area contributed by atoms with Gasteiger partial charge in [-0.15, -0.1) is 0 Å². The summed E-state index contributed by atoms with van der Waals surface area (Å²) in [6, 6.07) is 20.3. The lowest BCUT2D eigenvalue weighted by molar-refractivity contribution is -0.228. The number of aliphatic hydroxyl groups is 4. The van der Waals surface area contributed by atoms with E-state index in [4.69, 9.17) is 4.74 Å². The quantitative estimate of drug-likeness (QED) is 0.259. The smallest absolute Gasteiger partial charge is 0.233 e. The maximum absolute atomic E-state index is 13.3. The molecule has 0 spiro atoms. The zero-order valence-electron chi connectivity index (χ0n) is 21.9. The topological polar surface area (TPSA) is 131 Å². The first-order valence-electron chi connectivity index (χ1n) is 13.5. The number of hydrogen-bond donors (Lipinski definition) is 5. The summed E-state index contributed by atoms with van der Waals surface area (Å²) in [6.07, 6.45) is -4.05. The van der Waals surface area contributed by atoms with Gasteiger partial charge >= 0.3 is 0 Å². The van der Waals surface area contributed by atoms with Gasteiger partial charge < -0.3 is 35.2 Å². The number of aliphatic hydroxyl groups excluding tert-OH is 4. The molecule has 0 aliphatic carbocycles. The van der Waals surface area contributed by atoms with Crippen molar-refractivity contribution in [2.45, 2.75) is 62.2 Å².